The fourth-order valence-corrected chi connectivity index (χ4v) is 0.863. The SMILES string of the molecule is O=c1[n-]oc2ccccc12.[Ag+]. The first-order valence-electron chi connectivity index (χ1n) is 2.89. The fraction of sp³-hybridized carbons (Fsp3) is 0. The minimum absolute atomic E-state index is 0. The molecule has 11 heavy (non-hydrogen) atoms. The summed E-state index contributed by atoms with van der Waals surface area (Å²) in [5.74, 6) is 0. The molecule has 60 valence electrons. The monoisotopic (exact) mass is 241 g/mol. The van der Waals surface area contributed by atoms with Gasteiger partial charge in [-0.15, -0.1) is 0 Å². The van der Waals surface area contributed by atoms with Crippen LogP contribution in [0.25, 0.3) is 11.0 Å². The summed E-state index contributed by atoms with van der Waals surface area (Å²) in [4.78, 5) is 10.8. The van der Waals surface area contributed by atoms with E-state index in [0.717, 1.165) is 0 Å². The summed E-state index contributed by atoms with van der Waals surface area (Å²) in [6.07, 6.45) is 0. The fourth-order valence-electron chi connectivity index (χ4n) is 0.863. The smallest absolute Gasteiger partial charge is 0.554 e. The molecule has 4 heteroatoms. The largest absolute Gasteiger partial charge is 1.00 e. The van der Waals surface area contributed by atoms with Crippen molar-refractivity contribution >= 4 is 11.0 Å². The van der Waals surface area contributed by atoms with Gasteiger partial charge >= 0.3 is 22.4 Å². The van der Waals surface area contributed by atoms with E-state index in [9.17, 15) is 4.79 Å². The molecule has 1 aromatic carbocycles. The number of hydrogen-bond donors (Lipinski definition) is 0. The molecule has 0 aliphatic rings. The molecule has 0 radical (unpaired) electrons. The van der Waals surface area contributed by atoms with Crippen molar-refractivity contribution in [2.45, 2.75) is 0 Å². The molecule has 0 N–H and O–H groups in total. The maximum Gasteiger partial charge on any atom is 1.00 e. The van der Waals surface area contributed by atoms with Gasteiger partial charge in [0.2, 0.25) is 0 Å². The maximum absolute atomic E-state index is 10.8. The Morgan fingerprint density at radius 2 is 2.00 bits per heavy atom. The molecule has 2 aromatic rings. The Hall–Kier alpha value is -0.770. The second-order valence-electron chi connectivity index (χ2n) is 1.98. The molecule has 0 fully saturated rings. The molecule has 0 saturated heterocycles. The summed E-state index contributed by atoms with van der Waals surface area (Å²) in [7, 11) is 0. The van der Waals surface area contributed by atoms with E-state index >= 15 is 0 Å². The summed E-state index contributed by atoms with van der Waals surface area (Å²) in [6, 6.07) is 6.98. The number of nitrogens with zero attached hydrogens (tertiary/aromatic N) is 1. The molecular weight excluding hydrogens is 238 g/mol. The Balaban J connectivity index is 0.000000605. The first kappa shape index (κ1) is 8.33. The Labute approximate surface area is 77.9 Å². The summed E-state index contributed by atoms with van der Waals surface area (Å²) >= 11 is 0. The first-order chi connectivity index (χ1) is 4.88. The van der Waals surface area contributed by atoms with Crippen molar-refractivity contribution in [3.63, 3.8) is 0 Å². The number of rotatable bonds is 0. The van der Waals surface area contributed by atoms with E-state index in [0.29, 0.717) is 11.0 Å². The van der Waals surface area contributed by atoms with Gasteiger partial charge in [0.1, 0.15) is 11.1 Å². The van der Waals surface area contributed by atoms with E-state index in [-0.39, 0.29) is 27.9 Å². The van der Waals surface area contributed by atoms with Crippen LogP contribution in [0, 0.1) is 0 Å². The van der Waals surface area contributed by atoms with Crippen LogP contribution in [0.4, 0.5) is 0 Å². The Bertz CT molecular complexity index is 404. The van der Waals surface area contributed by atoms with Gasteiger partial charge in [-0.3, -0.25) is 0 Å². The van der Waals surface area contributed by atoms with Gasteiger partial charge in [0.25, 0.3) is 0 Å². The summed E-state index contributed by atoms with van der Waals surface area (Å²) in [5, 5.41) is 3.81. The second kappa shape index (κ2) is 3.09. The third-order valence-electron chi connectivity index (χ3n) is 1.34. The van der Waals surface area contributed by atoms with Crippen molar-refractivity contribution in [2.24, 2.45) is 0 Å². The van der Waals surface area contributed by atoms with Gasteiger partial charge in [-0.1, -0.05) is 12.1 Å². The van der Waals surface area contributed by atoms with E-state index in [1.54, 1.807) is 24.3 Å². The zero-order valence-corrected chi connectivity index (χ0v) is 6.86. The molecule has 0 aliphatic heterocycles. The Morgan fingerprint density at radius 1 is 1.27 bits per heavy atom. The number of aromatic nitrogens is 1. The number of para-hydroxylation sites is 1. The van der Waals surface area contributed by atoms with Crippen molar-refractivity contribution in [1.82, 2.24) is 5.16 Å². The van der Waals surface area contributed by atoms with Crippen LogP contribution < -0.4 is 10.7 Å². The molecule has 0 saturated carbocycles. The van der Waals surface area contributed by atoms with Gasteiger partial charge in [-0.2, -0.15) is 0 Å². The summed E-state index contributed by atoms with van der Waals surface area (Å²) < 4.78 is 4.69. The van der Waals surface area contributed by atoms with Crippen molar-refractivity contribution in [1.29, 1.82) is 0 Å². The van der Waals surface area contributed by atoms with Crippen LogP contribution >= 0.6 is 0 Å². The molecular formula is C7H4AgNO2. The van der Waals surface area contributed by atoms with Crippen LogP contribution in [0.2, 0.25) is 0 Å². The van der Waals surface area contributed by atoms with Crippen LogP contribution in [-0.2, 0) is 22.4 Å². The number of hydrogen-bond acceptors (Lipinski definition) is 2. The van der Waals surface area contributed by atoms with Crippen LogP contribution in [0.15, 0.2) is 33.6 Å². The average molecular weight is 242 g/mol. The van der Waals surface area contributed by atoms with Crippen molar-refractivity contribution < 1.29 is 26.9 Å². The molecule has 0 aliphatic carbocycles. The predicted molar refractivity (Wildman–Crippen MR) is 35.8 cm³/mol. The molecule has 0 spiro atoms. The minimum atomic E-state index is -0.296. The second-order valence-corrected chi connectivity index (χ2v) is 1.98. The van der Waals surface area contributed by atoms with E-state index in [1.807, 2.05) is 0 Å². The molecule has 0 bridgehead atoms. The molecule has 2 rings (SSSR count). The van der Waals surface area contributed by atoms with E-state index in [4.69, 9.17) is 0 Å². The van der Waals surface area contributed by atoms with Crippen molar-refractivity contribution in [3.8, 4) is 0 Å². The van der Waals surface area contributed by atoms with Crippen molar-refractivity contribution in [2.75, 3.05) is 0 Å². The Kier molecular flexibility index (Phi) is 2.34. The molecule has 1 heterocycles. The number of benzene rings is 1. The van der Waals surface area contributed by atoms with E-state index in [1.165, 1.54) is 0 Å². The van der Waals surface area contributed by atoms with Gasteiger partial charge in [-0.25, -0.2) is 0 Å². The summed E-state index contributed by atoms with van der Waals surface area (Å²) in [6.45, 7) is 0. The van der Waals surface area contributed by atoms with Crippen LogP contribution in [0.3, 0.4) is 0 Å². The molecule has 0 unspecified atom stereocenters. The minimum Gasteiger partial charge on any atom is -0.554 e. The molecule has 0 atom stereocenters. The van der Waals surface area contributed by atoms with Crippen LogP contribution in [0.1, 0.15) is 0 Å². The average Bonchev–Trinajstić information content (AvgIpc) is 2.34. The summed E-state index contributed by atoms with van der Waals surface area (Å²) in [5.41, 5.74) is 0.253. The maximum atomic E-state index is 10.8. The quantitative estimate of drug-likeness (QED) is 0.640. The third-order valence-corrected chi connectivity index (χ3v) is 1.34. The zero-order valence-electron chi connectivity index (χ0n) is 5.37. The van der Waals surface area contributed by atoms with E-state index < -0.39 is 0 Å². The third kappa shape index (κ3) is 1.30. The predicted octanol–water partition coefficient (Wildman–Crippen LogP) is 0.748. The zero-order chi connectivity index (χ0) is 6.97. The van der Waals surface area contributed by atoms with Gasteiger partial charge in [0.15, 0.2) is 0 Å². The van der Waals surface area contributed by atoms with Gasteiger partial charge in [-0.05, 0) is 12.1 Å². The molecule has 3 nitrogen and oxygen atoms in total. The topological polar surface area (TPSA) is 44.3 Å². The number of fused-ring (bicyclic) bond motifs is 1. The Morgan fingerprint density at radius 3 is 2.73 bits per heavy atom. The van der Waals surface area contributed by atoms with Crippen molar-refractivity contribution in [3.05, 3.63) is 34.6 Å². The van der Waals surface area contributed by atoms with Gasteiger partial charge < -0.3 is 14.5 Å². The van der Waals surface area contributed by atoms with Gasteiger partial charge in [0, 0.05) is 5.39 Å². The van der Waals surface area contributed by atoms with Crippen LogP contribution in [-0.4, -0.2) is 0 Å². The van der Waals surface area contributed by atoms with Crippen LogP contribution in [0.5, 0.6) is 0 Å². The van der Waals surface area contributed by atoms with E-state index in [2.05, 4.69) is 9.68 Å². The first-order valence-corrected chi connectivity index (χ1v) is 2.89. The normalized spacial score (nSPS) is 9.45. The molecule has 1 aromatic heterocycles. The standard InChI is InChI=1S/C7H5NO2.Ag/c9-7-5-3-1-2-4-6(5)10-8-7;/h1-4H,(H,8,9);/q;+1/p-1. The molecule has 0 amide bonds. The van der Waals surface area contributed by atoms with Gasteiger partial charge in [0.05, 0.1) is 0 Å².